The average Bonchev–Trinajstić information content (AvgIpc) is 2.32. The van der Waals surface area contributed by atoms with Crippen LogP contribution in [0.2, 0.25) is 0 Å². The quantitative estimate of drug-likeness (QED) is 0.356. The lowest BCUT2D eigenvalue weighted by Crippen LogP contribution is -2.42. The molecule has 0 rings (SSSR count). The van der Waals surface area contributed by atoms with Crippen molar-refractivity contribution in [1.82, 2.24) is 10.8 Å². The second-order valence-electron chi connectivity index (χ2n) is 5.28. The number of nitrogens with two attached hydrogens (primary N) is 2. The molecule has 0 spiro atoms. The van der Waals surface area contributed by atoms with Crippen molar-refractivity contribution in [1.29, 1.82) is 0 Å². The highest BCUT2D eigenvalue weighted by Crippen LogP contribution is 2.06. The molecule has 0 fully saturated rings. The SMILES string of the molecule is CC(C)(C)OC(=O)NOCCNC(=O)[C@@H](N)CCCN. The Morgan fingerprint density at radius 3 is 2.50 bits per heavy atom. The van der Waals surface area contributed by atoms with Crippen LogP contribution in [-0.4, -0.2) is 43.3 Å². The monoisotopic (exact) mass is 290 g/mol. The van der Waals surface area contributed by atoms with E-state index in [2.05, 4.69) is 10.8 Å². The van der Waals surface area contributed by atoms with Gasteiger partial charge in [-0.25, -0.2) is 4.79 Å². The van der Waals surface area contributed by atoms with Crippen molar-refractivity contribution in [3.63, 3.8) is 0 Å². The molecule has 6 N–H and O–H groups in total. The lowest BCUT2D eigenvalue weighted by Gasteiger charge is -2.19. The summed E-state index contributed by atoms with van der Waals surface area (Å²) in [6.45, 7) is 6.10. The summed E-state index contributed by atoms with van der Waals surface area (Å²) in [6.07, 6.45) is 0.563. The molecule has 0 saturated carbocycles. The molecule has 2 amide bonds. The molecule has 0 saturated heterocycles. The van der Waals surface area contributed by atoms with Gasteiger partial charge in [0.25, 0.3) is 0 Å². The standard InChI is InChI=1S/C12H26N4O4/c1-12(2,3)20-11(18)16-19-8-7-15-10(17)9(14)5-4-6-13/h9H,4-8,13-14H2,1-3H3,(H,15,17)(H,16,18)/t9-/m0/s1. The van der Waals surface area contributed by atoms with Crippen LogP contribution in [-0.2, 0) is 14.4 Å². The van der Waals surface area contributed by atoms with Crippen LogP contribution < -0.4 is 22.3 Å². The van der Waals surface area contributed by atoms with Crippen LogP contribution in [0.25, 0.3) is 0 Å². The molecule has 8 heteroatoms. The van der Waals surface area contributed by atoms with Crippen molar-refractivity contribution < 1.29 is 19.2 Å². The van der Waals surface area contributed by atoms with E-state index in [9.17, 15) is 9.59 Å². The van der Waals surface area contributed by atoms with E-state index in [1.807, 2.05) is 0 Å². The van der Waals surface area contributed by atoms with Gasteiger partial charge in [0.1, 0.15) is 5.60 Å². The molecule has 0 aromatic carbocycles. The molecule has 0 aliphatic rings. The number of hydrogen-bond donors (Lipinski definition) is 4. The number of rotatable bonds is 8. The molecular formula is C12H26N4O4. The summed E-state index contributed by atoms with van der Waals surface area (Å²) < 4.78 is 4.95. The molecule has 0 aliphatic carbocycles. The van der Waals surface area contributed by atoms with Crippen molar-refractivity contribution in [3.05, 3.63) is 0 Å². The summed E-state index contributed by atoms with van der Waals surface area (Å²) in [5.41, 5.74) is 12.5. The van der Waals surface area contributed by atoms with Crippen LogP contribution in [0.3, 0.4) is 0 Å². The zero-order chi connectivity index (χ0) is 15.6. The topological polar surface area (TPSA) is 129 Å². The van der Waals surface area contributed by atoms with Crippen molar-refractivity contribution >= 4 is 12.0 Å². The molecule has 1 atom stereocenters. The summed E-state index contributed by atoms with van der Waals surface area (Å²) >= 11 is 0. The number of carbonyl (C=O) groups excluding carboxylic acids is 2. The number of hydroxylamine groups is 1. The highest BCUT2D eigenvalue weighted by molar-refractivity contribution is 5.81. The van der Waals surface area contributed by atoms with Crippen molar-refractivity contribution in [2.24, 2.45) is 11.5 Å². The van der Waals surface area contributed by atoms with Crippen LogP contribution in [0.1, 0.15) is 33.6 Å². The highest BCUT2D eigenvalue weighted by Gasteiger charge is 2.16. The third-order valence-electron chi connectivity index (χ3n) is 2.11. The van der Waals surface area contributed by atoms with Crippen LogP contribution in [0, 0.1) is 0 Å². The summed E-state index contributed by atoms with van der Waals surface area (Å²) in [7, 11) is 0. The van der Waals surface area contributed by atoms with Crippen LogP contribution in [0.4, 0.5) is 4.79 Å². The molecule has 0 aromatic heterocycles. The molecule has 0 aromatic rings. The Labute approximate surface area is 119 Å². The maximum absolute atomic E-state index is 11.5. The summed E-state index contributed by atoms with van der Waals surface area (Å²) in [6, 6.07) is -0.572. The molecule has 0 radical (unpaired) electrons. The average molecular weight is 290 g/mol. The van der Waals surface area contributed by atoms with Crippen LogP contribution in [0.5, 0.6) is 0 Å². The van der Waals surface area contributed by atoms with Gasteiger partial charge in [0, 0.05) is 6.54 Å². The van der Waals surface area contributed by atoms with Gasteiger partial charge in [-0.1, -0.05) is 0 Å². The van der Waals surface area contributed by atoms with Gasteiger partial charge in [0.15, 0.2) is 0 Å². The Balaban J connectivity index is 3.61. The Morgan fingerprint density at radius 1 is 1.30 bits per heavy atom. The van der Waals surface area contributed by atoms with E-state index in [1.165, 1.54) is 0 Å². The normalized spacial score (nSPS) is 12.7. The fraction of sp³-hybridized carbons (Fsp3) is 0.833. The van der Waals surface area contributed by atoms with Gasteiger partial charge in [-0.15, -0.1) is 0 Å². The molecule has 0 aliphatic heterocycles. The van der Waals surface area contributed by atoms with Crippen molar-refractivity contribution in [3.8, 4) is 0 Å². The number of ether oxygens (including phenoxy) is 1. The minimum Gasteiger partial charge on any atom is -0.442 e. The summed E-state index contributed by atoms with van der Waals surface area (Å²) in [5.74, 6) is -0.265. The molecule has 0 unspecified atom stereocenters. The lowest BCUT2D eigenvalue weighted by atomic mass is 10.1. The third kappa shape index (κ3) is 10.5. The van der Waals surface area contributed by atoms with E-state index in [1.54, 1.807) is 20.8 Å². The predicted molar refractivity (Wildman–Crippen MR) is 74.6 cm³/mol. The zero-order valence-corrected chi connectivity index (χ0v) is 12.4. The number of amides is 2. The van der Waals surface area contributed by atoms with Crippen LogP contribution >= 0.6 is 0 Å². The second kappa shape index (κ2) is 9.51. The number of hydrogen-bond acceptors (Lipinski definition) is 6. The first-order chi connectivity index (χ1) is 9.26. The van der Waals surface area contributed by atoms with E-state index < -0.39 is 17.7 Å². The van der Waals surface area contributed by atoms with Gasteiger partial charge >= 0.3 is 6.09 Å². The highest BCUT2D eigenvalue weighted by atomic mass is 16.7. The molecular weight excluding hydrogens is 264 g/mol. The molecule has 20 heavy (non-hydrogen) atoms. The predicted octanol–water partition coefficient (Wildman–Crippen LogP) is -0.375. The molecule has 118 valence electrons. The van der Waals surface area contributed by atoms with Gasteiger partial charge in [0.2, 0.25) is 5.91 Å². The van der Waals surface area contributed by atoms with Crippen LogP contribution in [0.15, 0.2) is 0 Å². The number of nitrogens with one attached hydrogen (secondary N) is 2. The van der Waals surface area contributed by atoms with E-state index in [0.29, 0.717) is 19.4 Å². The fourth-order valence-electron chi connectivity index (χ4n) is 1.23. The molecule has 0 bridgehead atoms. The molecule has 0 heterocycles. The Hall–Kier alpha value is -1.38. The Morgan fingerprint density at radius 2 is 1.95 bits per heavy atom. The van der Waals surface area contributed by atoms with E-state index >= 15 is 0 Å². The summed E-state index contributed by atoms with van der Waals surface area (Å²) in [5, 5.41) is 2.59. The zero-order valence-electron chi connectivity index (χ0n) is 12.4. The smallest absolute Gasteiger partial charge is 0.431 e. The molecule has 8 nitrogen and oxygen atoms in total. The first-order valence-corrected chi connectivity index (χ1v) is 6.60. The third-order valence-corrected chi connectivity index (χ3v) is 2.11. The van der Waals surface area contributed by atoms with Gasteiger partial charge in [-0.2, -0.15) is 5.48 Å². The number of carbonyl (C=O) groups is 2. The maximum Gasteiger partial charge on any atom is 0.431 e. The fourth-order valence-corrected chi connectivity index (χ4v) is 1.23. The second-order valence-corrected chi connectivity index (χ2v) is 5.28. The van der Waals surface area contributed by atoms with E-state index in [-0.39, 0.29) is 19.1 Å². The van der Waals surface area contributed by atoms with Gasteiger partial charge in [-0.05, 0) is 40.2 Å². The summed E-state index contributed by atoms with van der Waals surface area (Å²) in [4.78, 5) is 27.5. The van der Waals surface area contributed by atoms with Gasteiger partial charge in [0.05, 0.1) is 12.6 Å². The van der Waals surface area contributed by atoms with E-state index in [0.717, 1.165) is 0 Å². The van der Waals surface area contributed by atoms with E-state index in [4.69, 9.17) is 21.0 Å². The van der Waals surface area contributed by atoms with Crippen molar-refractivity contribution in [2.75, 3.05) is 19.7 Å². The minimum absolute atomic E-state index is 0.120. The Kier molecular flexibility index (Phi) is 8.86. The largest absolute Gasteiger partial charge is 0.442 e. The van der Waals surface area contributed by atoms with Crippen molar-refractivity contribution in [2.45, 2.75) is 45.3 Å². The van der Waals surface area contributed by atoms with Gasteiger partial charge in [-0.3, -0.25) is 9.63 Å². The Bertz CT molecular complexity index is 304. The first-order valence-electron chi connectivity index (χ1n) is 6.60. The lowest BCUT2D eigenvalue weighted by molar-refractivity contribution is -0.122. The maximum atomic E-state index is 11.5. The van der Waals surface area contributed by atoms with Gasteiger partial charge < -0.3 is 21.5 Å². The first kappa shape index (κ1) is 18.6. The minimum atomic E-state index is -0.677.